The Hall–Kier alpha value is -2.18. The van der Waals surface area contributed by atoms with Gasteiger partial charge in [-0.15, -0.1) is 0 Å². The normalized spacial score (nSPS) is 13.0. The number of nitrogens with two attached hydrogens (primary N) is 1. The molecule has 0 fully saturated rings. The average Bonchev–Trinajstić information content (AvgIpc) is 2.99. The molecule has 0 spiro atoms. The highest BCUT2D eigenvalue weighted by Gasteiger charge is 2.09. The van der Waals surface area contributed by atoms with Crippen LogP contribution in [0.1, 0.15) is 11.9 Å². The Kier molecular flexibility index (Phi) is 5.08. The van der Waals surface area contributed by atoms with Crippen LogP contribution in [0.2, 0.25) is 5.02 Å². The number of rotatable bonds is 5. The van der Waals surface area contributed by atoms with E-state index in [4.69, 9.17) is 26.5 Å². The van der Waals surface area contributed by atoms with Crippen molar-refractivity contribution < 1.29 is 14.3 Å². The van der Waals surface area contributed by atoms with Crippen molar-refractivity contribution in [3.05, 3.63) is 47.4 Å². The van der Waals surface area contributed by atoms with Gasteiger partial charge in [0.15, 0.2) is 5.96 Å². The maximum atomic E-state index is 9.81. The van der Waals surface area contributed by atoms with Crippen LogP contribution in [0.3, 0.4) is 0 Å². The lowest BCUT2D eigenvalue weighted by Gasteiger charge is -2.09. The predicted molar refractivity (Wildman–Crippen MR) is 81.8 cm³/mol. The van der Waals surface area contributed by atoms with Crippen molar-refractivity contribution in [3.8, 4) is 5.75 Å². The minimum absolute atomic E-state index is 0.0935. The van der Waals surface area contributed by atoms with Crippen LogP contribution in [0, 0.1) is 0 Å². The van der Waals surface area contributed by atoms with E-state index in [2.05, 4.69) is 10.3 Å². The van der Waals surface area contributed by atoms with E-state index >= 15 is 0 Å². The van der Waals surface area contributed by atoms with Gasteiger partial charge in [-0.05, 0) is 30.3 Å². The van der Waals surface area contributed by atoms with Crippen molar-refractivity contribution in [1.82, 2.24) is 0 Å². The van der Waals surface area contributed by atoms with Gasteiger partial charge in [0.25, 0.3) is 0 Å². The number of nitrogens with one attached hydrogen (secondary N) is 1. The number of aliphatic hydroxyl groups excluding tert-OH is 1. The Bertz CT molecular complexity index is 614. The molecule has 1 atom stereocenters. The average molecular weight is 310 g/mol. The molecule has 0 bridgehead atoms. The van der Waals surface area contributed by atoms with Crippen molar-refractivity contribution in [1.29, 1.82) is 0 Å². The summed E-state index contributed by atoms with van der Waals surface area (Å²) in [6, 6.07) is 8.52. The Morgan fingerprint density at radius 1 is 1.52 bits per heavy atom. The van der Waals surface area contributed by atoms with Gasteiger partial charge in [0.05, 0.1) is 24.9 Å². The van der Waals surface area contributed by atoms with E-state index in [-0.39, 0.29) is 12.5 Å². The number of furan rings is 1. The number of hydrogen-bond donors (Lipinski definition) is 3. The number of hydrogen-bond acceptors (Lipinski definition) is 4. The second kappa shape index (κ2) is 7.01. The molecule has 4 N–H and O–H groups in total. The standard InChI is InChI=1S/C14H16ClN3O3/c1-20-12-5-4-9(7-10(12)15)18-14(16)17-8-11(19)13-3-2-6-21-13/h2-7,11,19H,8H2,1H3,(H3,16,17,18). The number of benzene rings is 1. The summed E-state index contributed by atoms with van der Waals surface area (Å²) in [6.07, 6.45) is 0.656. The molecular weight excluding hydrogens is 294 g/mol. The third kappa shape index (κ3) is 4.14. The fraction of sp³-hybridized carbons (Fsp3) is 0.214. The molecule has 0 radical (unpaired) electrons. The molecule has 0 aliphatic carbocycles. The minimum Gasteiger partial charge on any atom is -0.495 e. The van der Waals surface area contributed by atoms with E-state index in [0.29, 0.717) is 22.2 Å². The van der Waals surface area contributed by atoms with E-state index in [1.165, 1.54) is 6.26 Å². The van der Waals surface area contributed by atoms with E-state index in [0.717, 1.165) is 0 Å². The molecule has 1 heterocycles. The Morgan fingerprint density at radius 3 is 2.95 bits per heavy atom. The molecule has 1 unspecified atom stereocenters. The summed E-state index contributed by atoms with van der Waals surface area (Å²) >= 11 is 6.01. The van der Waals surface area contributed by atoms with Gasteiger partial charge in [0.2, 0.25) is 0 Å². The van der Waals surface area contributed by atoms with Crippen molar-refractivity contribution in [2.45, 2.75) is 6.10 Å². The number of ether oxygens (including phenoxy) is 1. The van der Waals surface area contributed by atoms with E-state index in [1.807, 2.05) is 0 Å². The quantitative estimate of drug-likeness (QED) is 0.582. The first kappa shape index (κ1) is 15.2. The molecule has 6 nitrogen and oxygen atoms in total. The van der Waals surface area contributed by atoms with Crippen molar-refractivity contribution in [2.24, 2.45) is 10.7 Å². The molecule has 1 aromatic carbocycles. The van der Waals surface area contributed by atoms with E-state index in [1.54, 1.807) is 37.4 Å². The molecule has 2 aromatic rings. The monoisotopic (exact) mass is 309 g/mol. The maximum Gasteiger partial charge on any atom is 0.193 e. The summed E-state index contributed by atoms with van der Waals surface area (Å²) < 4.78 is 10.1. The summed E-state index contributed by atoms with van der Waals surface area (Å²) in [5.74, 6) is 1.19. The minimum atomic E-state index is -0.834. The lowest BCUT2D eigenvalue weighted by atomic mass is 10.3. The lowest BCUT2D eigenvalue weighted by molar-refractivity contribution is 0.158. The van der Waals surface area contributed by atoms with Gasteiger partial charge < -0.3 is 25.3 Å². The molecule has 0 aliphatic heterocycles. The highest BCUT2D eigenvalue weighted by Crippen LogP contribution is 2.27. The first-order chi connectivity index (χ1) is 10.1. The second-order valence-electron chi connectivity index (χ2n) is 4.23. The van der Waals surface area contributed by atoms with Crippen molar-refractivity contribution in [3.63, 3.8) is 0 Å². The SMILES string of the molecule is COc1ccc(NC(N)=NCC(O)c2ccco2)cc1Cl. The molecule has 21 heavy (non-hydrogen) atoms. The Labute approximate surface area is 127 Å². The number of nitrogens with zero attached hydrogens (tertiary/aromatic N) is 1. The van der Waals surface area contributed by atoms with Crippen LogP contribution in [0.25, 0.3) is 0 Å². The number of methoxy groups -OCH3 is 1. The van der Waals surface area contributed by atoms with E-state index < -0.39 is 6.10 Å². The fourth-order valence-corrected chi connectivity index (χ4v) is 1.94. The van der Waals surface area contributed by atoms with Gasteiger partial charge in [-0.2, -0.15) is 0 Å². The molecule has 0 amide bonds. The molecule has 0 aliphatic rings. The van der Waals surface area contributed by atoms with Gasteiger partial charge in [0.1, 0.15) is 17.6 Å². The first-order valence-electron chi connectivity index (χ1n) is 6.22. The summed E-state index contributed by atoms with van der Waals surface area (Å²) in [7, 11) is 1.54. The smallest absolute Gasteiger partial charge is 0.193 e. The third-order valence-corrected chi connectivity index (χ3v) is 3.03. The zero-order valence-corrected chi connectivity index (χ0v) is 12.2. The Morgan fingerprint density at radius 2 is 2.33 bits per heavy atom. The largest absolute Gasteiger partial charge is 0.495 e. The van der Waals surface area contributed by atoms with Crippen LogP contribution in [0.5, 0.6) is 5.75 Å². The number of aliphatic imine (C=N–C) groups is 1. The zero-order valence-electron chi connectivity index (χ0n) is 11.4. The van der Waals surface area contributed by atoms with Crippen LogP contribution >= 0.6 is 11.6 Å². The predicted octanol–water partition coefficient (Wildman–Crippen LogP) is 2.40. The summed E-state index contributed by atoms with van der Waals surface area (Å²) in [5, 5.41) is 13.2. The first-order valence-corrected chi connectivity index (χ1v) is 6.60. The fourth-order valence-electron chi connectivity index (χ4n) is 1.69. The number of guanidine groups is 1. The van der Waals surface area contributed by atoms with E-state index in [9.17, 15) is 5.11 Å². The summed E-state index contributed by atoms with van der Waals surface area (Å²) in [6.45, 7) is 0.0935. The van der Waals surface area contributed by atoms with Crippen LogP contribution in [0.15, 0.2) is 46.0 Å². The molecule has 0 saturated carbocycles. The van der Waals surface area contributed by atoms with Gasteiger partial charge in [-0.1, -0.05) is 11.6 Å². The van der Waals surface area contributed by atoms with Gasteiger partial charge in [-0.3, -0.25) is 0 Å². The number of anilines is 1. The van der Waals surface area contributed by atoms with Crippen molar-refractivity contribution >= 4 is 23.2 Å². The van der Waals surface area contributed by atoms with Crippen molar-refractivity contribution in [2.75, 3.05) is 19.0 Å². The highest BCUT2D eigenvalue weighted by molar-refractivity contribution is 6.32. The van der Waals surface area contributed by atoms with Crippen LogP contribution in [-0.4, -0.2) is 24.7 Å². The number of aliphatic hydroxyl groups is 1. The third-order valence-electron chi connectivity index (χ3n) is 2.73. The molecular formula is C14H16ClN3O3. The van der Waals surface area contributed by atoms with Crippen LogP contribution < -0.4 is 15.8 Å². The summed E-state index contributed by atoms with van der Waals surface area (Å²) in [5.41, 5.74) is 6.43. The highest BCUT2D eigenvalue weighted by atomic mass is 35.5. The van der Waals surface area contributed by atoms with Crippen LogP contribution in [-0.2, 0) is 0 Å². The van der Waals surface area contributed by atoms with Crippen LogP contribution in [0.4, 0.5) is 5.69 Å². The number of halogens is 1. The lowest BCUT2D eigenvalue weighted by Crippen LogP contribution is -2.23. The maximum absolute atomic E-state index is 9.81. The second-order valence-corrected chi connectivity index (χ2v) is 4.64. The summed E-state index contributed by atoms with van der Waals surface area (Å²) in [4.78, 5) is 4.05. The van der Waals surface area contributed by atoms with Gasteiger partial charge in [0, 0.05) is 5.69 Å². The zero-order chi connectivity index (χ0) is 15.2. The molecule has 2 rings (SSSR count). The molecule has 7 heteroatoms. The molecule has 112 valence electrons. The molecule has 0 saturated heterocycles. The Balaban J connectivity index is 1.96. The van der Waals surface area contributed by atoms with Gasteiger partial charge in [-0.25, -0.2) is 4.99 Å². The topological polar surface area (TPSA) is 93.0 Å². The molecule has 1 aromatic heterocycles. The van der Waals surface area contributed by atoms with Gasteiger partial charge >= 0.3 is 0 Å².